The number of rotatable bonds is 5. The van der Waals surface area contributed by atoms with Crippen LogP contribution in [0.25, 0.3) is 56.4 Å². The SMILES string of the molecule is Oc1ccccc1-c1cccc(-c2ccc(-c3nc(-c4ccccc4)cc(-c4ccccc4)n3)cc2)n1. The Hall–Kier alpha value is -5.09. The molecule has 0 spiro atoms. The molecule has 0 aliphatic rings. The molecule has 0 bridgehead atoms. The van der Waals surface area contributed by atoms with Crippen molar-refractivity contribution in [3.05, 3.63) is 133 Å². The monoisotopic (exact) mass is 477 g/mol. The van der Waals surface area contributed by atoms with Crippen molar-refractivity contribution in [2.24, 2.45) is 0 Å². The van der Waals surface area contributed by atoms with Gasteiger partial charge in [-0.05, 0) is 30.3 Å². The van der Waals surface area contributed by atoms with Crippen molar-refractivity contribution in [2.75, 3.05) is 0 Å². The van der Waals surface area contributed by atoms with Crippen LogP contribution in [-0.2, 0) is 0 Å². The van der Waals surface area contributed by atoms with Crippen molar-refractivity contribution in [3.8, 4) is 62.2 Å². The summed E-state index contributed by atoms with van der Waals surface area (Å²) in [6.45, 7) is 0. The number of phenolic OH excluding ortho intramolecular Hbond substituents is 1. The number of aromatic nitrogens is 3. The summed E-state index contributed by atoms with van der Waals surface area (Å²) < 4.78 is 0. The van der Waals surface area contributed by atoms with E-state index in [0.29, 0.717) is 11.4 Å². The van der Waals surface area contributed by atoms with E-state index in [4.69, 9.17) is 15.0 Å². The van der Waals surface area contributed by atoms with Crippen LogP contribution in [0, 0.1) is 0 Å². The first kappa shape index (κ1) is 22.4. The Morgan fingerprint density at radius 3 is 1.51 bits per heavy atom. The van der Waals surface area contributed by atoms with Crippen LogP contribution in [-0.4, -0.2) is 20.1 Å². The molecule has 1 N–H and O–H groups in total. The first-order valence-corrected chi connectivity index (χ1v) is 12.1. The molecular formula is C33H23N3O. The Balaban J connectivity index is 1.38. The quantitative estimate of drug-likeness (QED) is 0.274. The lowest BCUT2D eigenvalue weighted by Gasteiger charge is -2.10. The van der Waals surface area contributed by atoms with Crippen LogP contribution in [0.4, 0.5) is 0 Å². The first-order valence-electron chi connectivity index (χ1n) is 12.1. The van der Waals surface area contributed by atoms with Crippen molar-refractivity contribution < 1.29 is 5.11 Å². The van der Waals surface area contributed by atoms with Crippen LogP contribution >= 0.6 is 0 Å². The van der Waals surface area contributed by atoms with Crippen molar-refractivity contribution in [1.82, 2.24) is 15.0 Å². The predicted molar refractivity (Wildman–Crippen MR) is 149 cm³/mol. The van der Waals surface area contributed by atoms with E-state index in [-0.39, 0.29) is 5.75 Å². The number of phenols is 1. The van der Waals surface area contributed by atoms with Crippen molar-refractivity contribution in [2.45, 2.75) is 0 Å². The van der Waals surface area contributed by atoms with Crippen molar-refractivity contribution in [1.29, 1.82) is 0 Å². The molecule has 0 aliphatic carbocycles. The maximum atomic E-state index is 10.2. The number of aromatic hydroxyl groups is 1. The van der Waals surface area contributed by atoms with E-state index in [1.54, 1.807) is 12.1 Å². The van der Waals surface area contributed by atoms with E-state index in [9.17, 15) is 5.11 Å². The van der Waals surface area contributed by atoms with Crippen LogP contribution in [0.1, 0.15) is 0 Å². The van der Waals surface area contributed by atoms with Crippen molar-refractivity contribution in [3.63, 3.8) is 0 Å². The summed E-state index contributed by atoms with van der Waals surface area (Å²) in [6, 6.07) is 43.6. The van der Waals surface area contributed by atoms with Gasteiger partial charge in [0.1, 0.15) is 5.75 Å². The minimum Gasteiger partial charge on any atom is -0.507 e. The van der Waals surface area contributed by atoms with Crippen LogP contribution in [0.15, 0.2) is 133 Å². The minimum atomic E-state index is 0.215. The Morgan fingerprint density at radius 1 is 0.378 bits per heavy atom. The first-order chi connectivity index (χ1) is 18.2. The average molecular weight is 478 g/mol. The van der Waals surface area contributed by atoms with E-state index in [0.717, 1.165) is 45.0 Å². The molecule has 6 rings (SSSR count). The molecule has 0 fully saturated rings. The second-order valence-electron chi connectivity index (χ2n) is 8.70. The zero-order chi connectivity index (χ0) is 25.0. The molecule has 6 aromatic rings. The molecule has 176 valence electrons. The van der Waals surface area contributed by atoms with Gasteiger partial charge in [-0.25, -0.2) is 15.0 Å². The highest BCUT2D eigenvalue weighted by Gasteiger charge is 2.12. The van der Waals surface area contributed by atoms with Gasteiger partial charge in [0.05, 0.1) is 22.8 Å². The standard InChI is InChI=1S/C33H23N3O/c37-32-17-8-7-14-27(32)29-16-9-15-28(34-29)25-18-20-26(21-19-25)33-35-30(23-10-3-1-4-11-23)22-31(36-33)24-12-5-2-6-13-24/h1-22,37H. The third kappa shape index (κ3) is 4.73. The molecule has 0 unspecified atom stereocenters. The summed E-state index contributed by atoms with van der Waals surface area (Å²) in [5.41, 5.74) is 8.02. The van der Waals surface area contributed by atoms with Crippen LogP contribution in [0.3, 0.4) is 0 Å². The molecule has 0 saturated carbocycles. The van der Waals surface area contributed by atoms with E-state index in [1.807, 2.05) is 97.1 Å². The van der Waals surface area contributed by atoms with E-state index < -0.39 is 0 Å². The highest BCUT2D eigenvalue weighted by Crippen LogP contribution is 2.31. The molecule has 4 nitrogen and oxygen atoms in total. The number of pyridine rings is 1. The second kappa shape index (κ2) is 9.88. The van der Waals surface area contributed by atoms with E-state index >= 15 is 0 Å². The summed E-state index contributed by atoms with van der Waals surface area (Å²) in [6.07, 6.45) is 0. The lowest BCUT2D eigenvalue weighted by atomic mass is 10.0. The van der Waals surface area contributed by atoms with Gasteiger partial charge in [-0.3, -0.25) is 0 Å². The van der Waals surface area contributed by atoms with Gasteiger partial charge in [0, 0.05) is 27.8 Å². The zero-order valence-electron chi connectivity index (χ0n) is 20.0. The summed E-state index contributed by atoms with van der Waals surface area (Å²) in [5, 5.41) is 10.2. The Morgan fingerprint density at radius 2 is 0.892 bits per heavy atom. The van der Waals surface area contributed by atoms with Gasteiger partial charge in [-0.2, -0.15) is 0 Å². The molecule has 4 aromatic carbocycles. The average Bonchev–Trinajstić information content (AvgIpc) is 2.98. The van der Waals surface area contributed by atoms with Gasteiger partial charge in [0.25, 0.3) is 0 Å². The number of nitrogens with zero attached hydrogens (tertiary/aromatic N) is 3. The fraction of sp³-hybridized carbons (Fsp3) is 0. The molecule has 0 atom stereocenters. The fourth-order valence-electron chi connectivity index (χ4n) is 4.32. The summed E-state index contributed by atoms with van der Waals surface area (Å²) >= 11 is 0. The molecule has 0 radical (unpaired) electrons. The minimum absolute atomic E-state index is 0.215. The lowest BCUT2D eigenvalue weighted by molar-refractivity contribution is 0.477. The molecule has 37 heavy (non-hydrogen) atoms. The maximum Gasteiger partial charge on any atom is 0.160 e. The van der Waals surface area contributed by atoms with Gasteiger partial charge in [-0.15, -0.1) is 0 Å². The third-order valence-electron chi connectivity index (χ3n) is 6.23. The number of hydrogen-bond donors (Lipinski definition) is 1. The molecule has 0 amide bonds. The van der Waals surface area contributed by atoms with Gasteiger partial charge in [0.15, 0.2) is 5.82 Å². The predicted octanol–water partition coefficient (Wildman–Crippen LogP) is 7.91. The number of para-hydroxylation sites is 1. The fourth-order valence-corrected chi connectivity index (χ4v) is 4.32. The van der Waals surface area contributed by atoms with Gasteiger partial charge < -0.3 is 5.11 Å². The van der Waals surface area contributed by atoms with Crippen LogP contribution in [0.2, 0.25) is 0 Å². The Labute approximate surface area is 215 Å². The van der Waals surface area contributed by atoms with Gasteiger partial charge in [-0.1, -0.05) is 103 Å². The van der Waals surface area contributed by atoms with Crippen LogP contribution in [0.5, 0.6) is 5.75 Å². The van der Waals surface area contributed by atoms with E-state index in [2.05, 4.69) is 24.3 Å². The topological polar surface area (TPSA) is 58.9 Å². The van der Waals surface area contributed by atoms with Crippen LogP contribution < -0.4 is 0 Å². The van der Waals surface area contributed by atoms with Gasteiger partial charge >= 0.3 is 0 Å². The molecule has 4 heteroatoms. The lowest BCUT2D eigenvalue weighted by Crippen LogP contribution is -1.96. The highest BCUT2D eigenvalue weighted by atomic mass is 16.3. The van der Waals surface area contributed by atoms with Gasteiger partial charge in [0.2, 0.25) is 0 Å². The normalized spacial score (nSPS) is 10.8. The molecule has 2 aromatic heterocycles. The third-order valence-corrected chi connectivity index (χ3v) is 6.23. The van der Waals surface area contributed by atoms with E-state index in [1.165, 1.54) is 0 Å². The molecule has 2 heterocycles. The molecule has 0 aliphatic heterocycles. The second-order valence-corrected chi connectivity index (χ2v) is 8.70. The van der Waals surface area contributed by atoms with Crippen molar-refractivity contribution >= 4 is 0 Å². The summed E-state index contributed by atoms with van der Waals surface area (Å²) in [5.74, 6) is 0.884. The maximum absolute atomic E-state index is 10.2. The number of hydrogen-bond acceptors (Lipinski definition) is 4. The summed E-state index contributed by atoms with van der Waals surface area (Å²) in [7, 11) is 0. The highest BCUT2D eigenvalue weighted by molar-refractivity contribution is 5.74. The Kier molecular flexibility index (Phi) is 5.97. The molecule has 0 saturated heterocycles. The summed E-state index contributed by atoms with van der Waals surface area (Å²) in [4.78, 5) is 14.6. The number of benzene rings is 4. The molecular weight excluding hydrogens is 454 g/mol. The Bertz CT molecular complexity index is 1610. The zero-order valence-corrected chi connectivity index (χ0v) is 20.0. The largest absolute Gasteiger partial charge is 0.507 e. The smallest absolute Gasteiger partial charge is 0.160 e.